The number of imide groups is 1. The SMILES string of the molecule is O=C(NN[C@H]1CC(=O)N(c2ccccc2F)C1=O)c1ccccc1. The van der Waals surface area contributed by atoms with Gasteiger partial charge in [0.25, 0.3) is 11.8 Å². The number of rotatable bonds is 4. The minimum absolute atomic E-state index is 0.0915. The smallest absolute Gasteiger partial charge is 0.265 e. The Bertz CT molecular complexity index is 795. The maximum absolute atomic E-state index is 13.8. The molecule has 6 nitrogen and oxygen atoms in total. The van der Waals surface area contributed by atoms with Crippen LogP contribution in [0.5, 0.6) is 0 Å². The summed E-state index contributed by atoms with van der Waals surface area (Å²) in [6, 6.07) is 13.0. The van der Waals surface area contributed by atoms with E-state index in [-0.39, 0.29) is 12.1 Å². The number of hydrazine groups is 1. The summed E-state index contributed by atoms with van der Waals surface area (Å²) in [4.78, 5) is 37.1. The van der Waals surface area contributed by atoms with E-state index in [1.54, 1.807) is 30.3 Å². The average molecular weight is 327 g/mol. The summed E-state index contributed by atoms with van der Waals surface area (Å²) >= 11 is 0. The number of carbonyl (C=O) groups excluding carboxylic acids is 3. The van der Waals surface area contributed by atoms with Gasteiger partial charge in [-0.3, -0.25) is 19.8 Å². The lowest BCUT2D eigenvalue weighted by atomic mass is 10.2. The Kier molecular flexibility index (Phi) is 4.35. The highest BCUT2D eigenvalue weighted by molar-refractivity contribution is 6.22. The number of amides is 3. The number of carbonyl (C=O) groups is 3. The topological polar surface area (TPSA) is 78.5 Å². The molecule has 1 aliphatic heterocycles. The van der Waals surface area contributed by atoms with Crippen LogP contribution in [0.25, 0.3) is 0 Å². The lowest BCUT2D eigenvalue weighted by Crippen LogP contribution is -2.48. The van der Waals surface area contributed by atoms with Crippen molar-refractivity contribution in [3.05, 3.63) is 66.0 Å². The number of anilines is 1. The van der Waals surface area contributed by atoms with Crippen LogP contribution in [0.3, 0.4) is 0 Å². The first-order valence-electron chi connectivity index (χ1n) is 7.30. The van der Waals surface area contributed by atoms with E-state index in [4.69, 9.17) is 0 Å². The summed E-state index contributed by atoms with van der Waals surface area (Å²) < 4.78 is 13.8. The molecule has 0 spiro atoms. The summed E-state index contributed by atoms with van der Waals surface area (Å²) in [6.07, 6.45) is -0.164. The fourth-order valence-corrected chi connectivity index (χ4v) is 2.45. The first-order chi connectivity index (χ1) is 11.6. The zero-order valence-electron chi connectivity index (χ0n) is 12.5. The second-order valence-corrected chi connectivity index (χ2v) is 5.24. The van der Waals surface area contributed by atoms with Crippen LogP contribution in [0.4, 0.5) is 10.1 Å². The summed E-state index contributed by atoms with van der Waals surface area (Å²) in [5.74, 6) is -2.23. The maximum Gasteiger partial charge on any atom is 0.265 e. The molecule has 3 rings (SSSR count). The van der Waals surface area contributed by atoms with Gasteiger partial charge in [-0.15, -0.1) is 0 Å². The van der Waals surface area contributed by atoms with Crippen molar-refractivity contribution in [1.29, 1.82) is 0 Å². The number of nitrogens with zero attached hydrogens (tertiary/aromatic N) is 1. The highest BCUT2D eigenvalue weighted by Crippen LogP contribution is 2.25. The molecule has 7 heteroatoms. The van der Waals surface area contributed by atoms with E-state index in [1.165, 1.54) is 24.3 Å². The largest absolute Gasteiger partial charge is 0.287 e. The molecule has 24 heavy (non-hydrogen) atoms. The van der Waals surface area contributed by atoms with E-state index < -0.39 is 29.6 Å². The molecule has 0 radical (unpaired) electrons. The molecule has 0 aliphatic carbocycles. The molecular formula is C17H14FN3O3. The van der Waals surface area contributed by atoms with E-state index in [0.717, 1.165) is 4.90 Å². The van der Waals surface area contributed by atoms with Gasteiger partial charge in [0.05, 0.1) is 12.1 Å². The maximum atomic E-state index is 13.8. The van der Waals surface area contributed by atoms with E-state index in [1.807, 2.05) is 0 Å². The third-order valence-electron chi connectivity index (χ3n) is 3.64. The Labute approximate surface area is 137 Å². The van der Waals surface area contributed by atoms with Gasteiger partial charge in [0.1, 0.15) is 11.9 Å². The van der Waals surface area contributed by atoms with Crippen LogP contribution in [0.1, 0.15) is 16.8 Å². The molecule has 2 N–H and O–H groups in total. The van der Waals surface area contributed by atoms with Gasteiger partial charge in [0.15, 0.2) is 0 Å². The second kappa shape index (κ2) is 6.59. The van der Waals surface area contributed by atoms with Crippen LogP contribution in [-0.4, -0.2) is 23.8 Å². The van der Waals surface area contributed by atoms with E-state index in [2.05, 4.69) is 10.9 Å². The molecule has 1 atom stereocenters. The lowest BCUT2D eigenvalue weighted by Gasteiger charge is -2.16. The first kappa shape index (κ1) is 15.8. The van der Waals surface area contributed by atoms with Crippen LogP contribution >= 0.6 is 0 Å². The van der Waals surface area contributed by atoms with Gasteiger partial charge in [-0.25, -0.2) is 14.7 Å². The Hall–Kier alpha value is -3.06. The molecule has 0 aromatic heterocycles. The first-order valence-corrected chi connectivity index (χ1v) is 7.30. The van der Waals surface area contributed by atoms with Crippen LogP contribution in [0, 0.1) is 5.82 Å². The molecule has 0 bridgehead atoms. The number of benzene rings is 2. The highest BCUT2D eigenvalue weighted by atomic mass is 19.1. The van der Waals surface area contributed by atoms with Crippen molar-refractivity contribution >= 4 is 23.4 Å². The van der Waals surface area contributed by atoms with Crippen molar-refractivity contribution in [3.8, 4) is 0 Å². The minimum atomic E-state index is -0.940. The number of nitrogens with one attached hydrogen (secondary N) is 2. The number of hydrogen-bond donors (Lipinski definition) is 2. The van der Waals surface area contributed by atoms with E-state index >= 15 is 0 Å². The summed E-state index contributed by atoms with van der Waals surface area (Å²) in [6.45, 7) is 0. The fraction of sp³-hybridized carbons (Fsp3) is 0.118. The van der Waals surface area contributed by atoms with Gasteiger partial charge in [0, 0.05) is 5.56 Å². The Morgan fingerprint density at radius 1 is 1.04 bits per heavy atom. The van der Waals surface area contributed by atoms with Gasteiger partial charge in [0.2, 0.25) is 5.91 Å². The Morgan fingerprint density at radius 2 is 1.71 bits per heavy atom. The Balaban J connectivity index is 1.69. The second-order valence-electron chi connectivity index (χ2n) is 5.24. The summed E-state index contributed by atoms with van der Waals surface area (Å²) in [7, 11) is 0. The zero-order chi connectivity index (χ0) is 17.1. The molecular weight excluding hydrogens is 313 g/mol. The number of para-hydroxylation sites is 1. The van der Waals surface area contributed by atoms with Crippen molar-refractivity contribution in [2.75, 3.05) is 4.90 Å². The molecule has 2 aromatic carbocycles. The Morgan fingerprint density at radius 3 is 2.42 bits per heavy atom. The van der Waals surface area contributed by atoms with Crippen molar-refractivity contribution in [1.82, 2.24) is 10.9 Å². The fourth-order valence-electron chi connectivity index (χ4n) is 2.45. The predicted molar refractivity (Wildman–Crippen MR) is 84.3 cm³/mol. The summed E-state index contributed by atoms with van der Waals surface area (Å²) in [5, 5.41) is 0. The molecule has 0 saturated carbocycles. The van der Waals surface area contributed by atoms with Gasteiger partial charge in [-0.1, -0.05) is 30.3 Å². The lowest BCUT2D eigenvalue weighted by molar-refractivity contribution is -0.121. The van der Waals surface area contributed by atoms with Crippen LogP contribution in [-0.2, 0) is 9.59 Å². The van der Waals surface area contributed by atoms with Gasteiger partial charge < -0.3 is 0 Å². The molecule has 1 heterocycles. The van der Waals surface area contributed by atoms with Crippen LogP contribution in [0.2, 0.25) is 0 Å². The molecule has 122 valence electrons. The van der Waals surface area contributed by atoms with Gasteiger partial charge >= 0.3 is 0 Å². The molecule has 3 amide bonds. The highest BCUT2D eigenvalue weighted by Gasteiger charge is 2.40. The van der Waals surface area contributed by atoms with Crippen molar-refractivity contribution in [2.45, 2.75) is 12.5 Å². The number of halogens is 1. The van der Waals surface area contributed by atoms with Crippen molar-refractivity contribution in [2.24, 2.45) is 0 Å². The van der Waals surface area contributed by atoms with Crippen LogP contribution in [0.15, 0.2) is 54.6 Å². The van der Waals surface area contributed by atoms with Crippen LogP contribution < -0.4 is 15.8 Å². The predicted octanol–water partition coefficient (Wildman–Crippen LogP) is 1.39. The molecule has 1 fully saturated rings. The van der Waals surface area contributed by atoms with Gasteiger partial charge in [-0.2, -0.15) is 0 Å². The zero-order valence-corrected chi connectivity index (χ0v) is 12.5. The van der Waals surface area contributed by atoms with Gasteiger partial charge in [-0.05, 0) is 24.3 Å². The molecule has 0 unspecified atom stereocenters. The van der Waals surface area contributed by atoms with E-state index in [0.29, 0.717) is 5.56 Å². The van der Waals surface area contributed by atoms with E-state index in [9.17, 15) is 18.8 Å². The molecule has 1 aliphatic rings. The average Bonchev–Trinajstić information content (AvgIpc) is 2.88. The summed E-state index contributed by atoms with van der Waals surface area (Å²) in [5.41, 5.74) is 5.26. The molecule has 1 saturated heterocycles. The third kappa shape index (κ3) is 3.02. The third-order valence-corrected chi connectivity index (χ3v) is 3.64. The van der Waals surface area contributed by atoms with Crippen molar-refractivity contribution < 1.29 is 18.8 Å². The molecule has 2 aromatic rings. The normalized spacial score (nSPS) is 17.2. The minimum Gasteiger partial charge on any atom is -0.287 e. The standard InChI is InChI=1S/C17H14FN3O3/c18-12-8-4-5-9-14(12)21-15(22)10-13(17(21)24)19-20-16(23)11-6-2-1-3-7-11/h1-9,13,19H,10H2,(H,20,23)/t13-/m0/s1. The van der Waals surface area contributed by atoms with Crippen molar-refractivity contribution in [3.63, 3.8) is 0 Å². The quantitative estimate of drug-likeness (QED) is 0.657. The number of hydrogen-bond acceptors (Lipinski definition) is 4. The monoisotopic (exact) mass is 327 g/mol.